The van der Waals surface area contributed by atoms with Gasteiger partial charge in [0.1, 0.15) is 0 Å². The largest absolute Gasteiger partial charge is 0.380 e. The fourth-order valence-corrected chi connectivity index (χ4v) is 5.08. The van der Waals surface area contributed by atoms with Gasteiger partial charge in [-0.15, -0.1) is 11.3 Å². The molecule has 3 atom stereocenters. The summed E-state index contributed by atoms with van der Waals surface area (Å²) in [6.45, 7) is 8.18. The van der Waals surface area contributed by atoms with Crippen molar-refractivity contribution in [3.63, 3.8) is 0 Å². The van der Waals surface area contributed by atoms with E-state index in [1.807, 2.05) is 6.92 Å². The highest BCUT2D eigenvalue weighted by atomic mass is 32.1. The number of hydrogen-bond donors (Lipinski definition) is 0. The number of aromatic nitrogens is 1. The summed E-state index contributed by atoms with van der Waals surface area (Å²) in [4.78, 5) is 7.09. The van der Waals surface area contributed by atoms with Gasteiger partial charge in [-0.05, 0) is 26.2 Å². The lowest BCUT2D eigenvalue weighted by Crippen LogP contribution is -2.57. The van der Waals surface area contributed by atoms with Gasteiger partial charge in [-0.1, -0.05) is 6.42 Å². The molecule has 4 rings (SSSR count). The van der Waals surface area contributed by atoms with Crippen molar-refractivity contribution < 1.29 is 14.2 Å². The van der Waals surface area contributed by atoms with E-state index < -0.39 is 0 Å². The Morgan fingerprint density at radius 1 is 1.42 bits per heavy atom. The molecule has 6 heteroatoms. The topological polar surface area (TPSA) is 43.8 Å². The van der Waals surface area contributed by atoms with Crippen LogP contribution in [0.4, 0.5) is 0 Å². The summed E-state index contributed by atoms with van der Waals surface area (Å²) in [5, 5.41) is 3.20. The number of hydrogen-bond acceptors (Lipinski definition) is 6. The second-order valence-electron chi connectivity index (χ2n) is 7.36. The Labute approximate surface area is 148 Å². The fourth-order valence-electron chi connectivity index (χ4n) is 4.48. The molecule has 2 aliphatic heterocycles. The lowest BCUT2D eigenvalue weighted by atomic mass is 9.88. The number of morpholine rings is 1. The predicted octanol–water partition coefficient (Wildman–Crippen LogP) is 2.63. The van der Waals surface area contributed by atoms with E-state index in [9.17, 15) is 0 Å². The Morgan fingerprint density at radius 2 is 2.38 bits per heavy atom. The summed E-state index contributed by atoms with van der Waals surface area (Å²) in [6.07, 6.45) is 4.80. The smallest absolute Gasteiger partial charge is 0.0898 e. The van der Waals surface area contributed by atoms with Crippen LogP contribution in [0.3, 0.4) is 0 Å². The van der Waals surface area contributed by atoms with Gasteiger partial charge in [0, 0.05) is 37.0 Å². The van der Waals surface area contributed by atoms with Gasteiger partial charge < -0.3 is 14.2 Å². The first-order valence-corrected chi connectivity index (χ1v) is 10.1. The van der Waals surface area contributed by atoms with Gasteiger partial charge in [0.05, 0.1) is 42.7 Å². The first kappa shape index (κ1) is 16.9. The number of rotatable bonds is 5. The highest BCUT2D eigenvalue weighted by Gasteiger charge is 2.48. The summed E-state index contributed by atoms with van der Waals surface area (Å²) in [6, 6.07) is 0.589. The van der Waals surface area contributed by atoms with Crippen LogP contribution in [0.5, 0.6) is 0 Å². The Kier molecular flexibility index (Phi) is 5.20. The van der Waals surface area contributed by atoms with Crippen LogP contribution in [0, 0.1) is 12.8 Å². The summed E-state index contributed by atoms with van der Waals surface area (Å²) in [7, 11) is 0. The van der Waals surface area contributed by atoms with Crippen LogP contribution < -0.4 is 0 Å². The van der Waals surface area contributed by atoms with Gasteiger partial charge in [-0.3, -0.25) is 4.90 Å². The molecule has 0 aromatic carbocycles. The van der Waals surface area contributed by atoms with E-state index in [1.165, 1.54) is 25.7 Å². The minimum Gasteiger partial charge on any atom is -0.380 e. The Morgan fingerprint density at radius 3 is 3.17 bits per heavy atom. The average Bonchev–Trinajstić information content (AvgIpc) is 3.31. The number of ether oxygens (including phenoxy) is 3. The first-order chi connectivity index (χ1) is 11.8. The van der Waals surface area contributed by atoms with Gasteiger partial charge in [0.2, 0.25) is 0 Å². The molecule has 1 spiro atoms. The molecule has 3 fully saturated rings. The van der Waals surface area contributed by atoms with Crippen LogP contribution in [0.1, 0.15) is 36.4 Å². The van der Waals surface area contributed by atoms with Gasteiger partial charge in [-0.2, -0.15) is 0 Å². The van der Waals surface area contributed by atoms with Crippen molar-refractivity contribution >= 4 is 11.3 Å². The molecule has 1 aromatic heterocycles. The van der Waals surface area contributed by atoms with Crippen molar-refractivity contribution in [3.8, 4) is 0 Å². The zero-order valence-electron chi connectivity index (χ0n) is 14.5. The standard InChI is InChI=1S/C18H28N2O3S/c1-14-19-16(12-24-14)10-22-9-15-3-2-5-18(15)13-20(6-8-23-18)17-4-7-21-11-17/h12,15,17H,2-11,13H2,1H3/t15-,17?,18-/m0/s1. The SMILES string of the molecule is Cc1nc(COC[C@@H]2CCC[C@]23CN(C2CCOC2)CCO3)cs1. The van der Waals surface area contributed by atoms with Gasteiger partial charge >= 0.3 is 0 Å². The highest BCUT2D eigenvalue weighted by Crippen LogP contribution is 2.42. The van der Waals surface area contributed by atoms with E-state index in [0.29, 0.717) is 18.6 Å². The van der Waals surface area contributed by atoms with Crippen molar-refractivity contribution in [1.82, 2.24) is 9.88 Å². The number of aryl methyl sites for hydroxylation is 1. The molecule has 1 unspecified atom stereocenters. The molecule has 134 valence electrons. The molecule has 1 aliphatic carbocycles. The Balaban J connectivity index is 1.34. The average molecular weight is 353 g/mol. The molecule has 0 radical (unpaired) electrons. The van der Waals surface area contributed by atoms with Crippen LogP contribution in [-0.2, 0) is 20.8 Å². The minimum atomic E-state index is -0.00116. The normalized spacial score (nSPS) is 34.4. The third-order valence-corrected chi connectivity index (χ3v) is 6.62. The molecule has 0 amide bonds. The second-order valence-corrected chi connectivity index (χ2v) is 8.43. The van der Waals surface area contributed by atoms with Crippen molar-refractivity contribution in [1.29, 1.82) is 0 Å². The van der Waals surface area contributed by atoms with E-state index in [0.717, 1.165) is 50.2 Å². The van der Waals surface area contributed by atoms with E-state index in [4.69, 9.17) is 14.2 Å². The lowest BCUT2D eigenvalue weighted by Gasteiger charge is -2.45. The molecule has 1 saturated carbocycles. The maximum absolute atomic E-state index is 6.36. The molecule has 0 bridgehead atoms. The van der Waals surface area contributed by atoms with E-state index >= 15 is 0 Å². The van der Waals surface area contributed by atoms with E-state index in [2.05, 4.69) is 15.3 Å². The predicted molar refractivity (Wildman–Crippen MR) is 93.3 cm³/mol. The van der Waals surface area contributed by atoms with Crippen molar-refractivity contribution in [3.05, 3.63) is 16.1 Å². The summed E-state index contributed by atoms with van der Waals surface area (Å²) in [5.41, 5.74) is 1.05. The number of thiazole rings is 1. The number of nitrogens with zero attached hydrogens (tertiary/aromatic N) is 2. The molecule has 3 aliphatic rings. The fraction of sp³-hybridized carbons (Fsp3) is 0.833. The highest BCUT2D eigenvalue weighted by molar-refractivity contribution is 7.09. The quantitative estimate of drug-likeness (QED) is 0.815. The molecule has 0 N–H and O–H groups in total. The zero-order chi connectivity index (χ0) is 16.4. The third kappa shape index (κ3) is 3.53. The van der Waals surface area contributed by atoms with Crippen molar-refractivity contribution in [2.75, 3.05) is 39.5 Å². The van der Waals surface area contributed by atoms with Crippen LogP contribution in [0.25, 0.3) is 0 Å². The maximum atomic E-state index is 6.36. The molecule has 5 nitrogen and oxygen atoms in total. The second kappa shape index (κ2) is 7.38. The Bertz CT molecular complexity index is 546. The molecule has 2 saturated heterocycles. The van der Waals surface area contributed by atoms with Crippen LogP contribution in [0.2, 0.25) is 0 Å². The minimum absolute atomic E-state index is 0.00116. The summed E-state index contributed by atoms with van der Waals surface area (Å²) >= 11 is 1.69. The van der Waals surface area contributed by atoms with Crippen LogP contribution in [0.15, 0.2) is 5.38 Å². The van der Waals surface area contributed by atoms with Gasteiger partial charge in [0.15, 0.2) is 0 Å². The molecule has 3 heterocycles. The molecular formula is C18H28N2O3S. The first-order valence-electron chi connectivity index (χ1n) is 9.20. The van der Waals surface area contributed by atoms with Crippen LogP contribution >= 0.6 is 11.3 Å². The van der Waals surface area contributed by atoms with Crippen LogP contribution in [-0.4, -0.2) is 61.0 Å². The maximum Gasteiger partial charge on any atom is 0.0898 e. The lowest BCUT2D eigenvalue weighted by molar-refractivity contribution is -0.149. The molecule has 1 aromatic rings. The third-order valence-electron chi connectivity index (χ3n) is 5.79. The van der Waals surface area contributed by atoms with Gasteiger partial charge in [-0.25, -0.2) is 4.98 Å². The van der Waals surface area contributed by atoms with Crippen molar-refractivity contribution in [2.45, 2.75) is 50.9 Å². The summed E-state index contributed by atoms with van der Waals surface area (Å²) < 4.78 is 18.0. The monoisotopic (exact) mass is 352 g/mol. The van der Waals surface area contributed by atoms with Crippen molar-refractivity contribution in [2.24, 2.45) is 5.92 Å². The van der Waals surface area contributed by atoms with E-state index in [1.54, 1.807) is 11.3 Å². The van der Waals surface area contributed by atoms with Gasteiger partial charge in [0.25, 0.3) is 0 Å². The molecular weight excluding hydrogens is 324 g/mol. The van der Waals surface area contributed by atoms with E-state index in [-0.39, 0.29) is 5.60 Å². The summed E-state index contributed by atoms with van der Waals surface area (Å²) in [5.74, 6) is 0.502. The Hall–Kier alpha value is -0.530. The zero-order valence-corrected chi connectivity index (χ0v) is 15.4. The molecule has 24 heavy (non-hydrogen) atoms.